The predicted molar refractivity (Wildman–Crippen MR) is 96.1 cm³/mol. The number of halogens is 1. The number of esters is 1. The van der Waals surface area contributed by atoms with Gasteiger partial charge in [0.05, 0.1) is 11.6 Å². The summed E-state index contributed by atoms with van der Waals surface area (Å²) in [5.74, 6) is -1.27. The van der Waals surface area contributed by atoms with Crippen LogP contribution in [-0.2, 0) is 20.9 Å². The highest BCUT2D eigenvalue weighted by molar-refractivity contribution is 6.08. The summed E-state index contributed by atoms with van der Waals surface area (Å²) in [5, 5.41) is 11.6. The van der Waals surface area contributed by atoms with E-state index >= 15 is 0 Å². The number of nitrogens with zero attached hydrogens (tertiary/aromatic N) is 2. The van der Waals surface area contributed by atoms with E-state index in [0.29, 0.717) is 18.8 Å². The van der Waals surface area contributed by atoms with Gasteiger partial charge in [-0.2, -0.15) is 5.26 Å². The molecule has 1 aromatic rings. The Labute approximate surface area is 162 Å². The van der Waals surface area contributed by atoms with E-state index < -0.39 is 35.8 Å². The van der Waals surface area contributed by atoms with Crippen LogP contribution in [-0.4, -0.2) is 34.9 Å². The van der Waals surface area contributed by atoms with Crippen molar-refractivity contribution in [1.29, 1.82) is 5.26 Å². The average Bonchev–Trinajstić information content (AvgIpc) is 2.92. The Kier molecular flexibility index (Phi) is 5.63. The number of imide groups is 1. The maximum Gasteiger partial charge on any atom is 0.326 e. The minimum atomic E-state index is -0.920. The monoisotopic (exact) mass is 387 g/mol. The predicted octanol–water partition coefficient (Wildman–Crippen LogP) is 2.63. The molecule has 8 heteroatoms. The quantitative estimate of drug-likeness (QED) is 0.618. The van der Waals surface area contributed by atoms with E-state index in [1.165, 1.54) is 12.1 Å². The fourth-order valence-electron chi connectivity index (χ4n) is 3.83. The number of rotatable bonds is 5. The zero-order valence-corrected chi connectivity index (χ0v) is 15.7. The van der Waals surface area contributed by atoms with E-state index in [4.69, 9.17) is 10.00 Å². The zero-order chi connectivity index (χ0) is 20.3. The molecule has 1 aliphatic carbocycles. The van der Waals surface area contributed by atoms with E-state index in [-0.39, 0.29) is 17.7 Å². The molecule has 1 N–H and O–H groups in total. The minimum Gasteiger partial charge on any atom is -0.459 e. The van der Waals surface area contributed by atoms with Gasteiger partial charge in [-0.1, -0.05) is 13.3 Å². The maximum atomic E-state index is 13.8. The van der Waals surface area contributed by atoms with Gasteiger partial charge in [-0.05, 0) is 49.8 Å². The molecule has 1 saturated carbocycles. The first-order chi connectivity index (χ1) is 13.4. The van der Waals surface area contributed by atoms with E-state index in [9.17, 15) is 18.8 Å². The molecule has 3 amide bonds. The molecule has 148 valence electrons. The summed E-state index contributed by atoms with van der Waals surface area (Å²) >= 11 is 0. The second-order valence-electron chi connectivity index (χ2n) is 7.33. The highest BCUT2D eigenvalue weighted by atomic mass is 19.1. The molecular weight excluding hydrogens is 365 g/mol. The van der Waals surface area contributed by atoms with E-state index in [1.54, 1.807) is 0 Å². The average molecular weight is 387 g/mol. The van der Waals surface area contributed by atoms with Gasteiger partial charge in [0.15, 0.2) is 0 Å². The summed E-state index contributed by atoms with van der Waals surface area (Å²) in [6, 6.07) is 5.01. The van der Waals surface area contributed by atoms with Gasteiger partial charge < -0.3 is 10.1 Å². The van der Waals surface area contributed by atoms with Crippen LogP contribution in [0.5, 0.6) is 0 Å². The van der Waals surface area contributed by atoms with Gasteiger partial charge in [0.2, 0.25) is 0 Å². The number of nitriles is 1. The number of nitrogens with one attached hydrogen (secondary N) is 1. The van der Waals surface area contributed by atoms with Crippen LogP contribution >= 0.6 is 0 Å². The van der Waals surface area contributed by atoms with E-state index in [0.717, 1.165) is 30.2 Å². The van der Waals surface area contributed by atoms with Crippen LogP contribution in [0.25, 0.3) is 0 Å². The van der Waals surface area contributed by atoms with Crippen LogP contribution in [0.3, 0.4) is 0 Å². The number of hydrogen-bond donors (Lipinski definition) is 1. The number of carbonyl (C=O) groups is 3. The summed E-state index contributed by atoms with van der Waals surface area (Å²) in [6.07, 6.45) is 3.88. The van der Waals surface area contributed by atoms with Crippen molar-refractivity contribution in [3.8, 4) is 6.07 Å². The van der Waals surface area contributed by atoms with Crippen molar-refractivity contribution in [2.75, 3.05) is 6.54 Å². The lowest BCUT2D eigenvalue weighted by atomic mass is 9.75. The van der Waals surface area contributed by atoms with Gasteiger partial charge in [-0.25, -0.2) is 9.18 Å². The Hall–Kier alpha value is -2.95. The smallest absolute Gasteiger partial charge is 0.326 e. The fraction of sp³-hybridized carbons (Fsp3) is 0.500. The highest BCUT2D eigenvalue weighted by Gasteiger charge is 2.52. The Balaban J connectivity index is 1.59. The third-order valence-electron chi connectivity index (χ3n) is 5.63. The third kappa shape index (κ3) is 3.84. The van der Waals surface area contributed by atoms with Crippen molar-refractivity contribution in [2.45, 2.75) is 51.2 Å². The van der Waals surface area contributed by atoms with Gasteiger partial charge in [-0.3, -0.25) is 14.5 Å². The summed E-state index contributed by atoms with van der Waals surface area (Å²) in [7, 11) is 0. The maximum absolute atomic E-state index is 13.8. The minimum absolute atomic E-state index is 0.0546. The molecule has 2 aliphatic rings. The van der Waals surface area contributed by atoms with Crippen molar-refractivity contribution in [3.05, 3.63) is 35.1 Å². The normalized spacial score (nSPS) is 24.2. The van der Waals surface area contributed by atoms with Crippen LogP contribution in [0.4, 0.5) is 9.18 Å². The first-order valence-electron chi connectivity index (χ1n) is 9.37. The first-order valence-corrected chi connectivity index (χ1v) is 9.37. The van der Waals surface area contributed by atoms with Gasteiger partial charge in [0.25, 0.3) is 5.91 Å². The fourth-order valence-corrected chi connectivity index (χ4v) is 3.83. The summed E-state index contributed by atoms with van der Waals surface area (Å²) < 4.78 is 18.8. The summed E-state index contributed by atoms with van der Waals surface area (Å²) in [6.45, 7) is 1.20. The second kappa shape index (κ2) is 7.97. The second-order valence-corrected chi connectivity index (χ2v) is 7.33. The van der Waals surface area contributed by atoms with Gasteiger partial charge in [0.1, 0.15) is 24.5 Å². The molecule has 0 bridgehead atoms. The molecule has 1 aromatic carbocycles. The third-order valence-corrected chi connectivity index (χ3v) is 5.63. The largest absolute Gasteiger partial charge is 0.459 e. The topological polar surface area (TPSA) is 99.5 Å². The van der Waals surface area contributed by atoms with Gasteiger partial charge in [0, 0.05) is 5.56 Å². The molecular formula is C20H22FN3O4. The van der Waals surface area contributed by atoms with E-state index in [1.807, 2.05) is 6.07 Å². The number of carbonyl (C=O) groups excluding carboxylic acids is 3. The SMILES string of the molecule is CCC1CCC2(CC1)NC(=O)N(CC(=O)OCc1cc(C#N)ccc1F)C2=O. The highest BCUT2D eigenvalue weighted by Crippen LogP contribution is 2.37. The molecule has 28 heavy (non-hydrogen) atoms. The molecule has 0 radical (unpaired) electrons. The van der Waals surface area contributed by atoms with Crippen LogP contribution in [0, 0.1) is 23.1 Å². The standard InChI is InChI=1S/C20H22FN3O4/c1-2-13-5-7-20(8-6-13)18(26)24(19(27)23-20)11-17(25)28-12-15-9-14(10-22)3-4-16(15)21/h3-4,9,13H,2,5-8,11-12H2,1H3,(H,23,27). The number of ether oxygens (including phenoxy) is 1. The Bertz CT molecular complexity index is 840. The van der Waals surface area contributed by atoms with Crippen LogP contribution in [0.2, 0.25) is 0 Å². The van der Waals surface area contributed by atoms with Crippen LogP contribution in [0.15, 0.2) is 18.2 Å². The molecule has 0 atom stereocenters. The molecule has 1 aliphatic heterocycles. The van der Waals surface area contributed by atoms with Crippen LogP contribution < -0.4 is 5.32 Å². The Morgan fingerprint density at radius 1 is 1.39 bits per heavy atom. The van der Waals surface area contributed by atoms with Crippen LogP contribution in [0.1, 0.15) is 50.2 Å². The lowest BCUT2D eigenvalue weighted by Crippen LogP contribution is -2.49. The lowest BCUT2D eigenvalue weighted by molar-refractivity contribution is -0.149. The number of amides is 3. The number of urea groups is 1. The molecule has 1 spiro atoms. The molecule has 0 aromatic heterocycles. The first kappa shape index (κ1) is 19.8. The molecule has 2 fully saturated rings. The number of hydrogen-bond acceptors (Lipinski definition) is 5. The Morgan fingerprint density at radius 3 is 2.75 bits per heavy atom. The molecule has 1 heterocycles. The van der Waals surface area contributed by atoms with Crippen molar-refractivity contribution >= 4 is 17.9 Å². The van der Waals surface area contributed by atoms with Crippen molar-refractivity contribution < 1.29 is 23.5 Å². The van der Waals surface area contributed by atoms with Crippen molar-refractivity contribution in [2.24, 2.45) is 5.92 Å². The molecule has 3 rings (SSSR count). The zero-order valence-electron chi connectivity index (χ0n) is 15.7. The van der Waals surface area contributed by atoms with Gasteiger partial charge in [-0.15, -0.1) is 0 Å². The lowest BCUT2D eigenvalue weighted by Gasteiger charge is -2.34. The molecule has 1 saturated heterocycles. The van der Waals surface area contributed by atoms with Crippen molar-refractivity contribution in [1.82, 2.24) is 10.2 Å². The summed E-state index contributed by atoms with van der Waals surface area (Å²) in [4.78, 5) is 38.0. The van der Waals surface area contributed by atoms with Gasteiger partial charge >= 0.3 is 12.0 Å². The number of benzene rings is 1. The molecule has 7 nitrogen and oxygen atoms in total. The van der Waals surface area contributed by atoms with E-state index in [2.05, 4.69) is 12.2 Å². The Morgan fingerprint density at radius 2 is 2.11 bits per heavy atom. The van der Waals surface area contributed by atoms with Crippen molar-refractivity contribution in [3.63, 3.8) is 0 Å². The summed E-state index contributed by atoms with van der Waals surface area (Å²) in [5.41, 5.74) is -0.624. The molecule has 0 unspecified atom stereocenters.